The summed E-state index contributed by atoms with van der Waals surface area (Å²) in [5.74, 6) is 0. The summed E-state index contributed by atoms with van der Waals surface area (Å²) in [5.41, 5.74) is 2.67. The molecule has 0 N–H and O–H groups in total. The van der Waals surface area contributed by atoms with Gasteiger partial charge in [0.1, 0.15) is 10.4 Å². The molecule has 1 aliphatic heterocycles. The van der Waals surface area contributed by atoms with E-state index in [1.54, 1.807) is 0 Å². The largest absolute Gasteiger partial charge is 0.443 e. The number of alkyl halides is 1. The van der Waals surface area contributed by atoms with Crippen molar-refractivity contribution in [3.05, 3.63) is 30.2 Å². The van der Waals surface area contributed by atoms with Crippen LogP contribution in [-0.4, -0.2) is 18.2 Å². The molecule has 2 aromatic rings. The minimum Gasteiger partial charge on any atom is -0.443 e. The highest BCUT2D eigenvalue weighted by Crippen LogP contribution is 2.37. The van der Waals surface area contributed by atoms with Gasteiger partial charge in [0.05, 0.1) is 13.2 Å². The molecule has 4 heteroatoms. The number of oxazole rings is 1. The van der Waals surface area contributed by atoms with E-state index >= 15 is 0 Å². The second-order valence-electron chi connectivity index (χ2n) is 3.49. The minimum atomic E-state index is -0.360. The maximum absolute atomic E-state index is 6.31. The summed E-state index contributed by atoms with van der Waals surface area (Å²) in [7, 11) is 0. The molecular formula is C10H8ClNO2. The Morgan fingerprint density at radius 2 is 2.21 bits per heavy atom. The van der Waals surface area contributed by atoms with Crippen LogP contribution in [0.25, 0.3) is 11.1 Å². The van der Waals surface area contributed by atoms with E-state index in [-0.39, 0.29) is 4.87 Å². The average molecular weight is 210 g/mol. The fourth-order valence-electron chi connectivity index (χ4n) is 1.58. The van der Waals surface area contributed by atoms with Gasteiger partial charge in [0, 0.05) is 0 Å². The van der Waals surface area contributed by atoms with E-state index in [2.05, 4.69) is 4.98 Å². The monoisotopic (exact) mass is 209 g/mol. The van der Waals surface area contributed by atoms with Crippen LogP contribution in [0.15, 0.2) is 29.0 Å². The minimum absolute atomic E-state index is 0.360. The molecule has 2 heterocycles. The van der Waals surface area contributed by atoms with Crippen LogP contribution in [0, 0.1) is 0 Å². The van der Waals surface area contributed by atoms with E-state index in [0.29, 0.717) is 13.2 Å². The number of halogens is 1. The molecule has 0 bridgehead atoms. The zero-order chi connectivity index (χ0) is 9.60. The van der Waals surface area contributed by atoms with Crippen molar-refractivity contribution in [1.82, 2.24) is 4.98 Å². The van der Waals surface area contributed by atoms with E-state index in [1.807, 2.05) is 18.2 Å². The molecule has 14 heavy (non-hydrogen) atoms. The molecular weight excluding hydrogens is 202 g/mol. The smallest absolute Gasteiger partial charge is 0.181 e. The molecule has 0 aliphatic carbocycles. The fourth-order valence-corrected chi connectivity index (χ4v) is 1.85. The highest BCUT2D eigenvalue weighted by Gasteiger charge is 2.38. The Balaban J connectivity index is 2.13. The molecule has 0 spiro atoms. The van der Waals surface area contributed by atoms with E-state index in [4.69, 9.17) is 20.8 Å². The third-order valence-electron chi connectivity index (χ3n) is 2.51. The average Bonchev–Trinajstić information content (AvgIpc) is 2.60. The molecule has 1 aromatic heterocycles. The van der Waals surface area contributed by atoms with Crippen LogP contribution in [-0.2, 0) is 9.61 Å². The van der Waals surface area contributed by atoms with Gasteiger partial charge in [0.2, 0.25) is 0 Å². The highest BCUT2D eigenvalue weighted by molar-refractivity contribution is 6.24. The van der Waals surface area contributed by atoms with E-state index in [1.165, 1.54) is 6.39 Å². The van der Waals surface area contributed by atoms with Gasteiger partial charge in [-0.2, -0.15) is 0 Å². The highest BCUT2D eigenvalue weighted by atomic mass is 35.5. The van der Waals surface area contributed by atoms with Crippen LogP contribution >= 0.6 is 11.6 Å². The lowest BCUT2D eigenvalue weighted by atomic mass is 9.96. The number of nitrogens with zero attached hydrogens (tertiary/aromatic N) is 1. The quantitative estimate of drug-likeness (QED) is 0.676. The van der Waals surface area contributed by atoms with Crippen LogP contribution in [0.2, 0.25) is 0 Å². The first-order valence-corrected chi connectivity index (χ1v) is 4.76. The van der Waals surface area contributed by atoms with Gasteiger partial charge in [0.25, 0.3) is 0 Å². The topological polar surface area (TPSA) is 35.3 Å². The summed E-state index contributed by atoms with van der Waals surface area (Å²) in [6.45, 7) is 1.13. The molecule has 0 amide bonds. The van der Waals surface area contributed by atoms with Crippen molar-refractivity contribution in [1.29, 1.82) is 0 Å². The number of ether oxygens (including phenoxy) is 1. The lowest BCUT2D eigenvalue weighted by Gasteiger charge is -2.35. The van der Waals surface area contributed by atoms with Gasteiger partial charge in [-0.1, -0.05) is 6.07 Å². The molecule has 0 radical (unpaired) electrons. The first-order valence-electron chi connectivity index (χ1n) is 4.38. The summed E-state index contributed by atoms with van der Waals surface area (Å²) in [6.07, 6.45) is 1.44. The second kappa shape index (κ2) is 2.72. The van der Waals surface area contributed by atoms with Crippen molar-refractivity contribution in [3.8, 4) is 0 Å². The van der Waals surface area contributed by atoms with Crippen molar-refractivity contribution in [3.63, 3.8) is 0 Å². The summed E-state index contributed by atoms with van der Waals surface area (Å²) < 4.78 is 10.3. The van der Waals surface area contributed by atoms with Gasteiger partial charge in [-0.05, 0) is 17.7 Å². The molecule has 1 saturated heterocycles. The van der Waals surface area contributed by atoms with Gasteiger partial charge >= 0.3 is 0 Å². The first kappa shape index (κ1) is 8.26. The van der Waals surface area contributed by atoms with Crippen LogP contribution in [0.5, 0.6) is 0 Å². The van der Waals surface area contributed by atoms with E-state index < -0.39 is 0 Å². The Morgan fingerprint density at radius 1 is 1.36 bits per heavy atom. The molecule has 3 nitrogen and oxygen atoms in total. The van der Waals surface area contributed by atoms with Crippen LogP contribution in [0.4, 0.5) is 0 Å². The maximum Gasteiger partial charge on any atom is 0.181 e. The maximum atomic E-state index is 6.31. The molecule has 0 atom stereocenters. The van der Waals surface area contributed by atoms with Crippen molar-refractivity contribution in [2.45, 2.75) is 4.87 Å². The van der Waals surface area contributed by atoms with E-state index in [9.17, 15) is 0 Å². The molecule has 1 aliphatic rings. The molecule has 3 rings (SSSR count). The van der Waals surface area contributed by atoms with Crippen LogP contribution in [0.1, 0.15) is 5.56 Å². The fraction of sp³-hybridized carbons (Fsp3) is 0.300. The summed E-state index contributed by atoms with van der Waals surface area (Å²) in [5, 5.41) is 0. The Labute approximate surface area is 85.6 Å². The molecule has 1 fully saturated rings. The number of hydrogen-bond acceptors (Lipinski definition) is 3. The van der Waals surface area contributed by atoms with Crippen molar-refractivity contribution >= 4 is 22.7 Å². The van der Waals surface area contributed by atoms with Crippen molar-refractivity contribution in [2.75, 3.05) is 13.2 Å². The number of benzene rings is 1. The summed E-state index contributed by atoms with van der Waals surface area (Å²) in [6, 6.07) is 5.81. The third kappa shape index (κ3) is 1.06. The van der Waals surface area contributed by atoms with Gasteiger partial charge in [-0.3, -0.25) is 0 Å². The Morgan fingerprint density at radius 3 is 2.93 bits per heavy atom. The number of hydrogen-bond donors (Lipinski definition) is 0. The number of rotatable bonds is 1. The van der Waals surface area contributed by atoms with Gasteiger partial charge in [-0.25, -0.2) is 4.98 Å². The Bertz CT molecular complexity index is 476. The van der Waals surface area contributed by atoms with Crippen LogP contribution in [0.3, 0.4) is 0 Å². The lowest BCUT2D eigenvalue weighted by molar-refractivity contribution is -0.0151. The summed E-state index contributed by atoms with van der Waals surface area (Å²) in [4.78, 5) is 3.68. The zero-order valence-electron chi connectivity index (χ0n) is 7.37. The Kier molecular flexibility index (Phi) is 1.60. The normalized spacial score (nSPS) is 19.5. The zero-order valence-corrected chi connectivity index (χ0v) is 8.12. The standard InChI is InChI=1S/C10H8ClNO2/c11-10(4-13-5-10)7-1-2-8-9(3-7)14-6-12-8/h1-3,6H,4-5H2. The predicted octanol–water partition coefficient (Wildman–Crippen LogP) is 2.29. The first-order chi connectivity index (χ1) is 6.78. The van der Waals surface area contributed by atoms with Gasteiger partial charge in [0.15, 0.2) is 12.0 Å². The number of aromatic nitrogens is 1. The van der Waals surface area contributed by atoms with E-state index in [0.717, 1.165) is 16.7 Å². The SMILES string of the molecule is ClC1(c2ccc3ncoc3c2)COC1. The molecule has 1 aromatic carbocycles. The van der Waals surface area contributed by atoms with Crippen molar-refractivity contribution < 1.29 is 9.15 Å². The predicted molar refractivity (Wildman–Crippen MR) is 52.4 cm³/mol. The lowest BCUT2D eigenvalue weighted by Crippen LogP contribution is -2.41. The number of fused-ring (bicyclic) bond motifs is 1. The summed E-state index contributed by atoms with van der Waals surface area (Å²) >= 11 is 6.31. The Hall–Kier alpha value is -1.06. The molecule has 0 saturated carbocycles. The molecule has 72 valence electrons. The van der Waals surface area contributed by atoms with Gasteiger partial charge < -0.3 is 9.15 Å². The third-order valence-corrected chi connectivity index (χ3v) is 2.95. The van der Waals surface area contributed by atoms with Gasteiger partial charge in [-0.15, -0.1) is 11.6 Å². The van der Waals surface area contributed by atoms with Crippen molar-refractivity contribution in [2.24, 2.45) is 0 Å². The second-order valence-corrected chi connectivity index (χ2v) is 4.22. The van der Waals surface area contributed by atoms with Crippen LogP contribution < -0.4 is 0 Å². The molecule has 0 unspecified atom stereocenters.